The van der Waals surface area contributed by atoms with Gasteiger partial charge >= 0.3 is 0 Å². The lowest BCUT2D eigenvalue weighted by atomic mass is 10.6. The highest BCUT2D eigenvalue weighted by atomic mass is 33.1. The van der Waals surface area contributed by atoms with E-state index in [1.165, 1.54) is 0 Å². The quantitative estimate of drug-likeness (QED) is 0.480. The minimum atomic E-state index is -2.89. The van der Waals surface area contributed by atoms with Crippen LogP contribution in [-0.4, -0.2) is 32.6 Å². The first kappa shape index (κ1) is 10.3. The molecule has 0 rings (SSSR count). The molecule has 0 aliphatic rings. The first-order chi connectivity index (χ1) is 4.48. The van der Waals surface area contributed by atoms with E-state index in [1.807, 2.05) is 6.92 Å². The smallest absolute Gasteiger partial charge is 0.215 e. The molecule has 0 aliphatic carbocycles. The molecule has 0 spiro atoms. The molecule has 0 saturated heterocycles. The van der Waals surface area contributed by atoms with Crippen LogP contribution < -0.4 is 0 Å². The third-order valence-electron chi connectivity index (χ3n) is 0.717. The Kier molecular flexibility index (Phi) is 4.31. The van der Waals surface area contributed by atoms with Crippen LogP contribution in [0.3, 0.4) is 0 Å². The van der Waals surface area contributed by atoms with Crippen molar-refractivity contribution >= 4 is 19.8 Å². The molecule has 5 heteroatoms. The summed E-state index contributed by atoms with van der Waals surface area (Å²) in [6.45, 7) is 1.85. The Bertz CT molecular complexity index is 174. The van der Waals surface area contributed by atoms with Gasteiger partial charge in [-0.3, -0.25) is 0 Å². The van der Waals surface area contributed by atoms with E-state index in [2.05, 4.69) is 0 Å². The van der Waals surface area contributed by atoms with Gasteiger partial charge in [-0.25, -0.2) is 12.7 Å². The Balaban J connectivity index is 3.89. The number of hydrogen-bond acceptors (Lipinski definition) is 4. The van der Waals surface area contributed by atoms with E-state index in [1.54, 1.807) is 18.4 Å². The van der Waals surface area contributed by atoms with Crippen LogP contribution >= 0.6 is 11.0 Å². The van der Waals surface area contributed by atoms with E-state index < -0.39 is 8.87 Å². The van der Waals surface area contributed by atoms with Gasteiger partial charge in [-0.2, -0.15) is 0 Å². The molecule has 0 aromatic rings. The zero-order valence-electron chi connectivity index (χ0n) is 6.49. The first-order valence-corrected chi connectivity index (χ1v) is 6.02. The predicted octanol–water partition coefficient (Wildman–Crippen LogP) is 0.936. The topological polar surface area (TPSA) is 37.4 Å². The third kappa shape index (κ3) is 5.08. The molecule has 62 valence electrons. The highest BCUT2D eigenvalue weighted by Crippen LogP contribution is 2.15. The van der Waals surface area contributed by atoms with Gasteiger partial charge in [-0.05, 0) is 20.5 Å². The molecule has 0 atom stereocenters. The van der Waals surface area contributed by atoms with Crippen LogP contribution in [0.15, 0.2) is 0 Å². The molecular formula is C5H13NO2S2. The van der Waals surface area contributed by atoms with Crippen LogP contribution in [0.2, 0.25) is 0 Å². The van der Waals surface area contributed by atoms with Gasteiger partial charge in [-0.15, -0.1) is 0 Å². The summed E-state index contributed by atoms with van der Waals surface area (Å²) in [6, 6.07) is 0. The molecule has 0 heterocycles. The summed E-state index contributed by atoms with van der Waals surface area (Å²) < 4.78 is 23.5. The van der Waals surface area contributed by atoms with Crippen LogP contribution in [0.4, 0.5) is 0 Å². The zero-order chi connectivity index (χ0) is 8.20. The lowest BCUT2D eigenvalue weighted by molar-refractivity contribution is 0.606. The Morgan fingerprint density at radius 2 is 1.90 bits per heavy atom. The van der Waals surface area contributed by atoms with Crippen LogP contribution in [0.1, 0.15) is 13.3 Å². The molecule has 0 aromatic heterocycles. The lowest BCUT2D eigenvalue weighted by Gasteiger charge is -2.06. The van der Waals surface area contributed by atoms with Crippen molar-refractivity contribution in [3.8, 4) is 0 Å². The second-order valence-corrected chi connectivity index (χ2v) is 6.52. The van der Waals surface area contributed by atoms with Crippen LogP contribution in [0, 0.1) is 0 Å². The van der Waals surface area contributed by atoms with E-state index in [-0.39, 0.29) is 5.75 Å². The van der Waals surface area contributed by atoms with E-state index in [4.69, 9.17) is 0 Å². The SMILES string of the molecule is CCCS(=O)(=O)SN(C)C. The van der Waals surface area contributed by atoms with E-state index in [9.17, 15) is 8.42 Å². The number of rotatable bonds is 4. The first-order valence-electron chi connectivity index (χ1n) is 3.07. The summed E-state index contributed by atoms with van der Waals surface area (Å²) in [5, 5.41) is 0. The van der Waals surface area contributed by atoms with Crippen LogP contribution in [0.5, 0.6) is 0 Å². The van der Waals surface area contributed by atoms with Crippen molar-refractivity contribution in [3.05, 3.63) is 0 Å². The number of hydrogen-bond donors (Lipinski definition) is 0. The summed E-state index contributed by atoms with van der Waals surface area (Å²) >= 11 is 0. The Morgan fingerprint density at radius 1 is 1.40 bits per heavy atom. The van der Waals surface area contributed by atoms with Gasteiger partial charge in [0.15, 0.2) is 0 Å². The van der Waals surface area contributed by atoms with Gasteiger partial charge in [0, 0.05) is 0 Å². The maximum atomic E-state index is 11.0. The minimum Gasteiger partial charge on any atom is -0.243 e. The normalized spacial score (nSPS) is 12.4. The zero-order valence-corrected chi connectivity index (χ0v) is 8.13. The standard InChI is InChI=1S/C5H13NO2S2/c1-4-5-10(7,8)9-6(2)3/h4-5H2,1-3H3. The van der Waals surface area contributed by atoms with Gasteiger partial charge in [0.2, 0.25) is 8.87 Å². The molecule has 0 aliphatic heterocycles. The van der Waals surface area contributed by atoms with Crippen molar-refractivity contribution in [2.45, 2.75) is 13.3 Å². The second kappa shape index (κ2) is 4.20. The summed E-state index contributed by atoms with van der Waals surface area (Å²) in [4.78, 5) is 0. The van der Waals surface area contributed by atoms with Gasteiger partial charge in [-0.1, -0.05) is 6.92 Å². The Labute approximate surface area is 66.2 Å². The van der Waals surface area contributed by atoms with E-state index >= 15 is 0 Å². The monoisotopic (exact) mass is 183 g/mol. The predicted molar refractivity (Wildman–Crippen MR) is 45.4 cm³/mol. The summed E-state index contributed by atoms with van der Waals surface area (Å²) in [7, 11) is 1.44. The molecule has 3 nitrogen and oxygen atoms in total. The van der Waals surface area contributed by atoms with E-state index in [0.29, 0.717) is 6.42 Å². The highest BCUT2D eigenvalue weighted by molar-refractivity contribution is 8.71. The van der Waals surface area contributed by atoms with Gasteiger partial charge in [0.1, 0.15) is 0 Å². The van der Waals surface area contributed by atoms with Crippen molar-refractivity contribution in [1.29, 1.82) is 0 Å². The fourth-order valence-corrected chi connectivity index (χ4v) is 3.63. The van der Waals surface area contributed by atoms with Crippen molar-refractivity contribution in [3.63, 3.8) is 0 Å². The molecule has 0 saturated carbocycles. The fourth-order valence-electron chi connectivity index (χ4n) is 0.514. The van der Waals surface area contributed by atoms with E-state index in [0.717, 1.165) is 11.0 Å². The maximum absolute atomic E-state index is 11.0. The molecule has 0 bridgehead atoms. The molecule has 0 fully saturated rings. The Morgan fingerprint density at radius 3 is 2.20 bits per heavy atom. The average molecular weight is 183 g/mol. The number of nitrogens with zero attached hydrogens (tertiary/aromatic N) is 1. The molecule has 10 heavy (non-hydrogen) atoms. The van der Waals surface area contributed by atoms with Crippen molar-refractivity contribution in [2.24, 2.45) is 0 Å². The van der Waals surface area contributed by atoms with Crippen LogP contribution in [0.25, 0.3) is 0 Å². The van der Waals surface area contributed by atoms with Crippen molar-refractivity contribution in [1.82, 2.24) is 4.31 Å². The molecule has 0 unspecified atom stereocenters. The average Bonchev–Trinajstić information content (AvgIpc) is 1.59. The summed E-state index contributed by atoms with van der Waals surface area (Å²) in [5.74, 6) is 0.260. The minimum absolute atomic E-state index is 0.260. The van der Waals surface area contributed by atoms with Crippen molar-refractivity contribution in [2.75, 3.05) is 19.8 Å². The largest absolute Gasteiger partial charge is 0.243 e. The molecule has 0 radical (unpaired) electrons. The third-order valence-corrected chi connectivity index (χ3v) is 4.23. The Hall–Kier alpha value is 0.260. The molecular weight excluding hydrogens is 170 g/mol. The fraction of sp³-hybridized carbons (Fsp3) is 1.00. The summed E-state index contributed by atoms with van der Waals surface area (Å²) in [6.07, 6.45) is 0.684. The maximum Gasteiger partial charge on any atom is 0.215 e. The van der Waals surface area contributed by atoms with Gasteiger partial charge in [0.25, 0.3) is 0 Å². The van der Waals surface area contributed by atoms with Crippen molar-refractivity contribution < 1.29 is 8.42 Å². The molecule has 0 aromatic carbocycles. The van der Waals surface area contributed by atoms with Gasteiger partial charge < -0.3 is 0 Å². The molecule has 0 amide bonds. The molecule has 0 N–H and O–H groups in total. The summed E-state index contributed by atoms with van der Waals surface area (Å²) in [5.41, 5.74) is 0. The lowest BCUT2D eigenvalue weighted by Crippen LogP contribution is -2.09. The second-order valence-electron chi connectivity index (χ2n) is 2.15. The van der Waals surface area contributed by atoms with Crippen LogP contribution in [-0.2, 0) is 8.87 Å². The highest BCUT2D eigenvalue weighted by Gasteiger charge is 2.10. The van der Waals surface area contributed by atoms with Gasteiger partial charge in [0.05, 0.1) is 16.7 Å².